The fourth-order valence-electron chi connectivity index (χ4n) is 2.88. The zero-order chi connectivity index (χ0) is 18.9. The highest BCUT2D eigenvalue weighted by molar-refractivity contribution is 5.95. The molecule has 1 aromatic carbocycles. The number of benzene rings is 1. The van der Waals surface area contributed by atoms with Crippen LogP contribution in [-0.2, 0) is 18.0 Å². The number of methoxy groups -OCH3 is 1. The third-order valence-electron chi connectivity index (χ3n) is 4.17. The molecule has 9 heteroatoms. The molecule has 1 aromatic heterocycles. The Morgan fingerprint density at radius 2 is 2.00 bits per heavy atom. The van der Waals surface area contributed by atoms with Gasteiger partial charge in [0.15, 0.2) is 5.69 Å². The lowest BCUT2D eigenvalue weighted by atomic mass is 10.1. The first-order chi connectivity index (χ1) is 12.3. The topological polar surface area (TPSA) is 56.6 Å². The molecule has 0 aliphatic carbocycles. The molecular weight excluding hydrogens is 351 g/mol. The van der Waals surface area contributed by atoms with Gasteiger partial charge in [-0.3, -0.25) is 9.48 Å². The number of ether oxygens (including phenoxy) is 2. The summed E-state index contributed by atoms with van der Waals surface area (Å²) in [7, 11) is 2.91. The van der Waals surface area contributed by atoms with Crippen molar-refractivity contribution in [1.82, 2.24) is 14.7 Å². The van der Waals surface area contributed by atoms with E-state index < -0.39 is 29.4 Å². The van der Waals surface area contributed by atoms with Gasteiger partial charge in [-0.25, -0.2) is 0 Å². The van der Waals surface area contributed by atoms with Crippen LogP contribution in [-0.4, -0.2) is 47.4 Å². The van der Waals surface area contributed by atoms with E-state index in [9.17, 15) is 18.0 Å². The maximum Gasteiger partial charge on any atom is 0.435 e. The Morgan fingerprint density at radius 1 is 1.31 bits per heavy atom. The zero-order valence-electron chi connectivity index (χ0n) is 14.3. The Hall–Kier alpha value is -2.55. The number of carbonyl (C=O) groups excluding carboxylic acids is 1. The molecule has 0 radical (unpaired) electrons. The van der Waals surface area contributed by atoms with Crippen LogP contribution in [0.5, 0.6) is 5.75 Å². The molecule has 2 heterocycles. The number of amides is 1. The lowest BCUT2D eigenvalue weighted by molar-refractivity contribution is -0.141. The van der Waals surface area contributed by atoms with Crippen molar-refractivity contribution in [3.05, 3.63) is 47.3 Å². The van der Waals surface area contributed by atoms with Gasteiger partial charge in [-0.2, -0.15) is 18.3 Å². The van der Waals surface area contributed by atoms with Crippen molar-refractivity contribution >= 4 is 5.91 Å². The van der Waals surface area contributed by atoms with Gasteiger partial charge < -0.3 is 14.4 Å². The van der Waals surface area contributed by atoms with Crippen LogP contribution in [0, 0.1) is 0 Å². The smallest absolute Gasteiger partial charge is 0.435 e. The van der Waals surface area contributed by atoms with Gasteiger partial charge >= 0.3 is 6.18 Å². The standard InChI is InChI=1S/C17H18F3N3O3/c1-22-9-13(15(21-22)17(18,19)20)16(24)23-7-8-26-14(10-23)11-3-5-12(25-2)6-4-11/h3-6,9,14H,7-8,10H2,1-2H3. The normalized spacial score (nSPS) is 18.0. The molecule has 26 heavy (non-hydrogen) atoms. The van der Waals surface area contributed by atoms with E-state index in [-0.39, 0.29) is 19.7 Å². The number of hydrogen-bond acceptors (Lipinski definition) is 4. The summed E-state index contributed by atoms with van der Waals surface area (Å²) in [5, 5.41) is 3.39. The van der Waals surface area contributed by atoms with Crippen molar-refractivity contribution in [3.63, 3.8) is 0 Å². The first-order valence-corrected chi connectivity index (χ1v) is 7.95. The number of carbonyl (C=O) groups is 1. The SMILES string of the molecule is COc1ccc(C2CN(C(=O)c3cn(C)nc3C(F)(F)F)CCO2)cc1. The predicted molar refractivity (Wildman–Crippen MR) is 85.8 cm³/mol. The first kappa shape index (κ1) is 18.2. The summed E-state index contributed by atoms with van der Waals surface area (Å²) in [4.78, 5) is 14.0. The third kappa shape index (κ3) is 3.67. The number of aromatic nitrogens is 2. The molecule has 1 amide bonds. The second-order valence-corrected chi connectivity index (χ2v) is 5.95. The van der Waals surface area contributed by atoms with E-state index in [0.717, 1.165) is 16.4 Å². The number of rotatable bonds is 3. The Kier molecular flexibility index (Phi) is 4.90. The number of morpholine rings is 1. The average Bonchev–Trinajstić information content (AvgIpc) is 3.03. The quantitative estimate of drug-likeness (QED) is 0.835. The van der Waals surface area contributed by atoms with E-state index in [4.69, 9.17) is 9.47 Å². The molecule has 1 saturated heterocycles. The van der Waals surface area contributed by atoms with Crippen LogP contribution in [0.15, 0.2) is 30.5 Å². The van der Waals surface area contributed by atoms with Gasteiger partial charge in [-0.15, -0.1) is 0 Å². The molecule has 2 aromatic rings. The van der Waals surface area contributed by atoms with Crippen LogP contribution in [0.4, 0.5) is 13.2 Å². The van der Waals surface area contributed by atoms with Gasteiger partial charge in [-0.05, 0) is 17.7 Å². The van der Waals surface area contributed by atoms with Crippen molar-refractivity contribution in [2.24, 2.45) is 7.05 Å². The van der Waals surface area contributed by atoms with E-state index in [1.807, 2.05) is 12.1 Å². The highest BCUT2D eigenvalue weighted by Crippen LogP contribution is 2.32. The fraction of sp³-hybridized carbons (Fsp3) is 0.412. The maximum atomic E-state index is 13.1. The largest absolute Gasteiger partial charge is 0.497 e. The average molecular weight is 369 g/mol. The van der Waals surface area contributed by atoms with Gasteiger partial charge in [0.05, 0.1) is 25.8 Å². The highest BCUT2D eigenvalue weighted by atomic mass is 19.4. The molecule has 1 aliphatic rings. The van der Waals surface area contributed by atoms with Gasteiger partial charge in [0.2, 0.25) is 0 Å². The number of nitrogens with zero attached hydrogens (tertiary/aromatic N) is 3. The Balaban J connectivity index is 1.80. The Morgan fingerprint density at radius 3 is 2.62 bits per heavy atom. The lowest BCUT2D eigenvalue weighted by Gasteiger charge is -2.33. The molecule has 3 rings (SSSR count). The molecule has 1 aliphatic heterocycles. The van der Waals surface area contributed by atoms with Crippen molar-refractivity contribution in [1.29, 1.82) is 0 Å². The highest BCUT2D eigenvalue weighted by Gasteiger charge is 2.40. The van der Waals surface area contributed by atoms with Gasteiger partial charge in [-0.1, -0.05) is 12.1 Å². The summed E-state index contributed by atoms with van der Waals surface area (Å²) < 4.78 is 51.1. The van der Waals surface area contributed by atoms with Crippen LogP contribution in [0.1, 0.15) is 27.7 Å². The number of aryl methyl sites for hydroxylation is 1. The van der Waals surface area contributed by atoms with Crippen LogP contribution >= 0.6 is 0 Å². The lowest BCUT2D eigenvalue weighted by Crippen LogP contribution is -2.42. The van der Waals surface area contributed by atoms with Gasteiger partial charge in [0.1, 0.15) is 11.9 Å². The molecular formula is C17H18F3N3O3. The van der Waals surface area contributed by atoms with E-state index >= 15 is 0 Å². The van der Waals surface area contributed by atoms with E-state index in [2.05, 4.69) is 5.10 Å². The minimum Gasteiger partial charge on any atom is -0.497 e. The van der Waals surface area contributed by atoms with Crippen molar-refractivity contribution in [3.8, 4) is 5.75 Å². The maximum absolute atomic E-state index is 13.1. The summed E-state index contributed by atoms with van der Waals surface area (Å²) in [6.07, 6.45) is -4.00. The van der Waals surface area contributed by atoms with E-state index in [1.54, 1.807) is 19.2 Å². The first-order valence-electron chi connectivity index (χ1n) is 7.95. The van der Waals surface area contributed by atoms with Crippen LogP contribution < -0.4 is 4.74 Å². The summed E-state index contributed by atoms with van der Waals surface area (Å²) in [5.74, 6) is -0.0186. The molecule has 1 unspecified atom stereocenters. The van der Waals surface area contributed by atoms with Crippen molar-refractivity contribution in [2.75, 3.05) is 26.8 Å². The van der Waals surface area contributed by atoms with Crippen molar-refractivity contribution in [2.45, 2.75) is 12.3 Å². The number of hydrogen-bond donors (Lipinski definition) is 0. The van der Waals surface area contributed by atoms with Crippen LogP contribution in [0.25, 0.3) is 0 Å². The van der Waals surface area contributed by atoms with Crippen LogP contribution in [0.2, 0.25) is 0 Å². The Labute approximate surface area is 148 Å². The molecule has 140 valence electrons. The molecule has 0 bridgehead atoms. The third-order valence-corrected chi connectivity index (χ3v) is 4.17. The van der Waals surface area contributed by atoms with Crippen LogP contribution in [0.3, 0.4) is 0 Å². The molecule has 0 N–H and O–H groups in total. The minimum atomic E-state index is -4.69. The summed E-state index contributed by atoms with van der Waals surface area (Å²) in [6.45, 7) is 0.624. The molecule has 6 nitrogen and oxygen atoms in total. The fourth-order valence-corrected chi connectivity index (χ4v) is 2.88. The molecule has 0 spiro atoms. The second kappa shape index (κ2) is 6.99. The van der Waals surface area contributed by atoms with Gasteiger partial charge in [0.25, 0.3) is 5.91 Å². The molecule has 1 fully saturated rings. The van der Waals surface area contributed by atoms with E-state index in [1.165, 1.54) is 11.9 Å². The molecule has 0 saturated carbocycles. The second-order valence-electron chi connectivity index (χ2n) is 5.95. The summed E-state index contributed by atoms with van der Waals surface area (Å²) in [6, 6.07) is 7.15. The summed E-state index contributed by atoms with van der Waals surface area (Å²) >= 11 is 0. The Bertz CT molecular complexity index is 787. The van der Waals surface area contributed by atoms with E-state index in [0.29, 0.717) is 5.75 Å². The minimum absolute atomic E-state index is 0.164. The molecule has 1 atom stereocenters. The summed E-state index contributed by atoms with van der Waals surface area (Å²) in [5.41, 5.74) is -0.793. The predicted octanol–water partition coefficient (Wildman–Crippen LogP) is 2.66. The number of alkyl halides is 3. The van der Waals surface area contributed by atoms with Crippen molar-refractivity contribution < 1.29 is 27.4 Å². The number of halogens is 3. The van der Waals surface area contributed by atoms with Gasteiger partial charge in [0, 0.05) is 19.8 Å². The monoisotopic (exact) mass is 369 g/mol. The zero-order valence-corrected chi connectivity index (χ0v) is 14.3.